The van der Waals surface area contributed by atoms with Crippen LogP contribution in [-0.4, -0.2) is 28.1 Å². The van der Waals surface area contributed by atoms with Crippen molar-refractivity contribution in [3.63, 3.8) is 0 Å². The van der Waals surface area contributed by atoms with Gasteiger partial charge in [-0.25, -0.2) is 9.37 Å². The summed E-state index contributed by atoms with van der Waals surface area (Å²) in [7, 11) is 1.57. The summed E-state index contributed by atoms with van der Waals surface area (Å²) in [6.07, 6.45) is 6.21. The predicted molar refractivity (Wildman–Crippen MR) is 88.9 cm³/mol. The fourth-order valence-electron chi connectivity index (χ4n) is 2.02. The molecule has 6 nitrogen and oxygen atoms in total. The van der Waals surface area contributed by atoms with E-state index >= 15 is 0 Å². The Balaban J connectivity index is 1.90. The van der Waals surface area contributed by atoms with Gasteiger partial charge < -0.3 is 9.84 Å². The van der Waals surface area contributed by atoms with E-state index in [9.17, 15) is 9.18 Å². The third-order valence-corrected chi connectivity index (χ3v) is 4.21. The van der Waals surface area contributed by atoms with Gasteiger partial charge in [-0.3, -0.25) is 9.78 Å². The number of thiazole rings is 1. The Morgan fingerprint density at radius 2 is 2.12 bits per heavy atom. The van der Waals surface area contributed by atoms with Crippen molar-refractivity contribution in [1.82, 2.24) is 20.4 Å². The van der Waals surface area contributed by atoms with Gasteiger partial charge >= 0.3 is 0 Å². The second-order valence-corrected chi connectivity index (χ2v) is 5.90. The third kappa shape index (κ3) is 3.23. The van der Waals surface area contributed by atoms with Crippen LogP contribution in [0.4, 0.5) is 4.39 Å². The Labute approximate surface area is 141 Å². The molecule has 0 aromatic carbocycles. The van der Waals surface area contributed by atoms with Crippen molar-refractivity contribution >= 4 is 29.4 Å². The van der Waals surface area contributed by atoms with Gasteiger partial charge in [0.25, 0.3) is 5.91 Å². The second-order valence-electron chi connectivity index (χ2n) is 4.84. The first-order chi connectivity index (χ1) is 11.6. The Morgan fingerprint density at radius 1 is 1.29 bits per heavy atom. The van der Waals surface area contributed by atoms with E-state index in [0.717, 1.165) is 11.8 Å². The zero-order valence-electron chi connectivity index (χ0n) is 12.9. The monoisotopic (exact) mass is 344 g/mol. The average Bonchev–Trinajstić information content (AvgIpc) is 3.20. The van der Waals surface area contributed by atoms with Gasteiger partial charge in [-0.1, -0.05) is 5.16 Å². The van der Waals surface area contributed by atoms with E-state index in [1.54, 1.807) is 26.1 Å². The molecular formula is C16H13FN4O2S. The van der Waals surface area contributed by atoms with Crippen LogP contribution in [0.15, 0.2) is 29.0 Å². The molecule has 0 saturated carbocycles. The minimum atomic E-state index is -0.416. The highest BCUT2D eigenvalue weighted by Crippen LogP contribution is 2.26. The van der Waals surface area contributed by atoms with E-state index in [1.165, 1.54) is 29.7 Å². The summed E-state index contributed by atoms with van der Waals surface area (Å²) >= 11 is 1.27. The maximum absolute atomic E-state index is 13.0. The van der Waals surface area contributed by atoms with Crippen LogP contribution in [0.5, 0.6) is 0 Å². The molecule has 8 heteroatoms. The molecule has 0 radical (unpaired) electrons. The van der Waals surface area contributed by atoms with Crippen LogP contribution in [0.25, 0.3) is 23.5 Å². The molecule has 0 fully saturated rings. The van der Waals surface area contributed by atoms with Gasteiger partial charge in [0.15, 0.2) is 0 Å². The lowest BCUT2D eigenvalue weighted by Crippen LogP contribution is -2.16. The highest BCUT2D eigenvalue weighted by molar-refractivity contribution is 7.14. The molecule has 122 valence electrons. The number of amides is 1. The van der Waals surface area contributed by atoms with Crippen molar-refractivity contribution in [2.24, 2.45) is 0 Å². The second kappa shape index (κ2) is 6.71. The number of aromatic nitrogens is 3. The SMILES string of the molecule is CNC(=O)c1cnc(C=Cc2c(-c3ccc(F)cn3)noc2C)s1. The van der Waals surface area contributed by atoms with Crippen LogP contribution in [-0.2, 0) is 0 Å². The summed E-state index contributed by atoms with van der Waals surface area (Å²) in [4.78, 5) is 20.3. The van der Waals surface area contributed by atoms with Crippen LogP contribution < -0.4 is 5.32 Å². The lowest BCUT2D eigenvalue weighted by Gasteiger charge is -1.97. The first-order valence-electron chi connectivity index (χ1n) is 7.02. The molecule has 1 amide bonds. The topological polar surface area (TPSA) is 80.9 Å². The molecule has 0 unspecified atom stereocenters. The van der Waals surface area contributed by atoms with E-state index in [0.29, 0.717) is 27.0 Å². The molecule has 3 aromatic heterocycles. The quantitative estimate of drug-likeness (QED) is 0.786. The molecule has 3 rings (SSSR count). The Bertz CT molecular complexity index is 899. The molecule has 24 heavy (non-hydrogen) atoms. The Hall–Kier alpha value is -2.87. The summed E-state index contributed by atoms with van der Waals surface area (Å²) in [5, 5.41) is 7.21. The number of halogens is 1. The molecule has 0 spiro atoms. The first kappa shape index (κ1) is 16.0. The van der Waals surface area contributed by atoms with Gasteiger partial charge in [-0.05, 0) is 31.2 Å². The highest BCUT2D eigenvalue weighted by atomic mass is 32.1. The minimum absolute atomic E-state index is 0.176. The fourth-order valence-corrected chi connectivity index (χ4v) is 2.79. The number of rotatable bonds is 4. The number of pyridine rings is 1. The smallest absolute Gasteiger partial charge is 0.262 e. The number of carbonyl (C=O) groups is 1. The van der Waals surface area contributed by atoms with Crippen molar-refractivity contribution in [1.29, 1.82) is 0 Å². The summed E-state index contributed by atoms with van der Waals surface area (Å²) in [5.41, 5.74) is 1.76. The fraction of sp³-hybridized carbons (Fsp3) is 0.125. The summed E-state index contributed by atoms with van der Waals surface area (Å²) < 4.78 is 18.2. The van der Waals surface area contributed by atoms with Crippen LogP contribution in [0, 0.1) is 12.7 Å². The molecule has 0 aliphatic carbocycles. The van der Waals surface area contributed by atoms with E-state index < -0.39 is 5.82 Å². The Morgan fingerprint density at radius 3 is 2.83 bits per heavy atom. The number of nitrogens with zero attached hydrogens (tertiary/aromatic N) is 3. The van der Waals surface area contributed by atoms with E-state index in [4.69, 9.17) is 4.52 Å². The average molecular weight is 344 g/mol. The summed E-state index contributed by atoms with van der Waals surface area (Å²) in [6, 6.07) is 2.85. The van der Waals surface area contributed by atoms with Crippen molar-refractivity contribution in [2.45, 2.75) is 6.92 Å². The molecule has 0 saturated heterocycles. The number of nitrogens with one attached hydrogen (secondary N) is 1. The van der Waals surface area contributed by atoms with Crippen LogP contribution >= 0.6 is 11.3 Å². The summed E-state index contributed by atoms with van der Waals surface area (Å²) in [5.74, 6) is 0.0144. The largest absolute Gasteiger partial charge is 0.360 e. The van der Waals surface area contributed by atoms with Gasteiger partial charge in [-0.2, -0.15) is 0 Å². The standard InChI is InChI=1S/C16H13FN4O2S/c1-9-11(4-6-14-20-8-13(24-14)16(22)18-2)15(21-23-9)12-5-3-10(17)7-19-12/h3-8H,1-2H3,(H,18,22). The molecule has 1 N–H and O–H groups in total. The maximum Gasteiger partial charge on any atom is 0.262 e. The van der Waals surface area contributed by atoms with Gasteiger partial charge in [0.05, 0.1) is 18.1 Å². The van der Waals surface area contributed by atoms with Gasteiger partial charge in [0, 0.05) is 12.6 Å². The number of hydrogen-bond acceptors (Lipinski definition) is 6. The number of aryl methyl sites for hydroxylation is 1. The lowest BCUT2D eigenvalue weighted by atomic mass is 10.1. The molecule has 3 heterocycles. The van der Waals surface area contributed by atoms with Crippen molar-refractivity contribution < 1.29 is 13.7 Å². The van der Waals surface area contributed by atoms with Crippen LogP contribution in [0.2, 0.25) is 0 Å². The van der Waals surface area contributed by atoms with E-state index in [-0.39, 0.29) is 5.91 Å². The van der Waals surface area contributed by atoms with Crippen molar-refractivity contribution in [3.8, 4) is 11.4 Å². The summed E-state index contributed by atoms with van der Waals surface area (Å²) in [6.45, 7) is 1.78. The van der Waals surface area contributed by atoms with E-state index in [2.05, 4.69) is 20.4 Å². The zero-order chi connectivity index (χ0) is 17.1. The normalized spacial score (nSPS) is 11.1. The van der Waals surface area contributed by atoms with Crippen LogP contribution in [0.1, 0.15) is 26.0 Å². The number of carbonyl (C=O) groups excluding carboxylic acids is 1. The molecule has 3 aromatic rings. The third-order valence-electron chi connectivity index (χ3n) is 3.25. The van der Waals surface area contributed by atoms with Gasteiger partial charge in [0.2, 0.25) is 0 Å². The van der Waals surface area contributed by atoms with Crippen LogP contribution in [0.3, 0.4) is 0 Å². The van der Waals surface area contributed by atoms with Crippen molar-refractivity contribution in [2.75, 3.05) is 7.05 Å². The minimum Gasteiger partial charge on any atom is -0.360 e. The molecule has 0 atom stereocenters. The number of hydrogen-bond donors (Lipinski definition) is 1. The van der Waals surface area contributed by atoms with Gasteiger partial charge in [-0.15, -0.1) is 11.3 Å². The Kier molecular flexibility index (Phi) is 4.48. The molecule has 0 aliphatic rings. The molecular weight excluding hydrogens is 331 g/mol. The lowest BCUT2D eigenvalue weighted by molar-refractivity contribution is 0.0967. The first-order valence-corrected chi connectivity index (χ1v) is 7.84. The predicted octanol–water partition coefficient (Wildman–Crippen LogP) is 3.17. The van der Waals surface area contributed by atoms with Gasteiger partial charge in [0.1, 0.15) is 27.2 Å². The molecule has 0 bridgehead atoms. The van der Waals surface area contributed by atoms with E-state index in [1.807, 2.05) is 0 Å². The highest BCUT2D eigenvalue weighted by Gasteiger charge is 2.14. The maximum atomic E-state index is 13.0. The van der Waals surface area contributed by atoms with Crippen molar-refractivity contribution in [3.05, 3.63) is 51.6 Å². The zero-order valence-corrected chi connectivity index (χ0v) is 13.7. The molecule has 0 aliphatic heterocycles.